The smallest absolute Gasteiger partial charge is 0.241 e. The fourth-order valence-electron chi connectivity index (χ4n) is 2.44. The third kappa shape index (κ3) is 7.18. The van der Waals surface area contributed by atoms with Gasteiger partial charge >= 0.3 is 0 Å². The minimum Gasteiger partial charge on any atom is -0.354 e. The van der Waals surface area contributed by atoms with Gasteiger partial charge < -0.3 is 5.32 Å². The number of sulfonamides is 1. The van der Waals surface area contributed by atoms with E-state index < -0.39 is 16.1 Å². The molecule has 1 atom stereocenters. The van der Waals surface area contributed by atoms with Gasteiger partial charge in [0, 0.05) is 11.6 Å². The van der Waals surface area contributed by atoms with Crippen LogP contribution in [0.5, 0.6) is 0 Å². The largest absolute Gasteiger partial charge is 0.354 e. The third-order valence-electron chi connectivity index (χ3n) is 3.90. The molecule has 0 radical (unpaired) electrons. The lowest BCUT2D eigenvalue weighted by molar-refractivity contribution is -0.122. The molecule has 0 aliphatic carbocycles. The fourth-order valence-corrected chi connectivity index (χ4v) is 4.29. The summed E-state index contributed by atoms with van der Waals surface area (Å²) in [6, 6.07) is 14.6. The molecule has 1 amide bonds. The molecular weight excluding hydrogens is 404 g/mol. The average molecular weight is 427 g/mol. The molecular formula is C19H23ClN2O3S2. The van der Waals surface area contributed by atoms with E-state index in [0.717, 1.165) is 5.56 Å². The minimum absolute atomic E-state index is 0.146. The summed E-state index contributed by atoms with van der Waals surface area (Å²) in [6.07, 6.45) is 2.98. The lowest BCUT2D eigenvalue weighted by Crippen LogP contribution is -2.47. The highest BCUT2D eigenvalue weighted by Crippen LogP contribution is 2.11. The van der Waals surface area contributed by atoms with E-state index in [1.54, 1.807) is 42.1 Å². The van der Waals surface area contributed by atoms with Crippen LogP contribution < -0.4 is 10.0 Å². The topological polar surface area (TPSA) is 75.3 Å². The number of benzene rings is 2. The minimum atomic E-state index is -3.75. The van der Waals surface area contributed by atoms with E-state index in [2.05, 4.69) is 10.0 Å². The van der Waals surface area contributed by atoms with Gasteiger partial charge in [0.2, 0.25) is 15.9 Å². The van der Waals surface area contributed by atoms with Crippen molar-refractivity contribution < 1.29 is 13.2 Å². The van der Waals surface area contributed by atoms with Crippen LogP contribution in [-0.2, 0) is 21.2 Å². The second-order valence-electron chi connectivity index (χ2n) is 5.94. The number of halogens is 1. The maximum absolute atomic E-state index is 12.5. The first-order valence-corrected chi connectivity index (χ1v) is 11.8. The molecule has 0 saturated heterocycles. The maximum Gasteiger partial charge on any atom is 0.241 e. The van der Waals surface area contributed by atoms with Gasteiger partial charge in [-0.1, -0.05) is 41.9 Å². The summed E-state index contributed by atoms with van der Waals surface area (Å²) in [5.74, 6) is 0.351. The number of carbonyl (C=O) groups excluding carboxylic acids is 1. The Bertz CT molecular complexity index is 828. The molecule has 2 N–H and O–H groups in total. The molecule has 27 heavy (non-hydrogen) atoms. The van der Waals surface area contributed by atoms with Gasteiger partial charge in [0.25, 0.3) is 0 Å². The average Bonchev–Trinajstić information content (AvgIpc) is 2.67. The molecule has 0 spiro atoms. The van der Waals surface area contributed by atoms with Gasteiger partial charge in [0.1, 0.15) is 6.04 Å². The highest BCUT2D eigenvalue weighted by atomic mass is 35.5. The first kappa shape index (κ1) is 21.8. The van der Waals surface area contributed by atoms with Gasteiger partial charge in [0.05, 0.1) is 4.90 Å². The standard InChI is InChI=1S/C19H23ClN2O3S2/c1-26-14-12-18(22-27(24,25)17-5-3-2-4-6-17)19(23)21-13-11-15-7-9-16(20)10-8-15/h2-10,18,22H,11-14H2,1H3,(H,21,23). The Morgan fingerprint density at radius 1 is 1.11 bits per heavy atom. The zero-order chi connectivity index (χ0) is 19.7. The summed E-state index contributed by atoms with van der Waals surface area (Å²) in [5, 5.41) is 3.48. The first-order valence-electron chi connectivity index (χ1n) is 8.51. The molecule has 1 unspecified atom stereocenters. The van der Waals surface area contributed by atoms with Crippen LogP contribution in [0.2, 0.25) is 5.02 Å². The number of amides is 1. The van der Waals surface area contributed by atoms with Crippen molar-refractivity contribution in [3.05, 3.63) is 65.2 Å². The zero-order valence-corrected chi connectivity index (χ0v) is 17.4. The van der Waals surface area contributed by atoms with Gasteiger partial charge in [0.15, 0.2) is 0 Å². The lowest BCUT2D eigenvalue weighted by atomic mass is 10.1. The Kier molecular flexibility index (Phi) is 8.63. The number of thioether (sulfide) groups is 1. The first-order chi connectivity index (χ1) is 12.9. The van der Waals surface area contributed by atoms with E-state index in [0.29, 0.717) is 30.2 Å². The molecule has 0 aromatic heterocycles. The molecule has 0 fully saturated rings. The van der Waals surface area contributed by atoms with Crippen molar-refractivity contribution in [3.63, 3.8) is 0 Å². The molecule has 8 heteroatoms. The van der Waals surface area contributed by atoms with Crippen LogP contribution in [0.25, 0.3) is 0 Å². The van der Waals surface area contributed by atoms with Crippen LogP contribution in [0.3, 0.4) is 0 Å². The predicted molar refractivity (Wildman–Crippen MR) is 112 cm³/mol. The van der Waals surface area contributed by atoms with Crippen LogP contribution in [0.1, 0.15) is 12.0 Å². The molecule has 5 nitrogen and oxygen atoms in total. The lowest BCUT2D eigenvalue weighted by Gasteiger charge is -2.18. The third-order valence-corrected chi connectivity index (χ3v) is 6.29. The second kappa shape index (κ2) is 10.7. The van der Waals surface area contributed by atoms with E-state index in [1.807, 2.05) is 18.4 Å². The number of hydrogen-bond donors (Lipinski definition) is 2. The Labute approximate surface area is 169 Å². The molecule has 0 aliphatic heterocycles. The highest BCUT2D eigenvalue weighted by Gasteiger charge is 2.25. The summed E-state index contributed by atoms with van der Waals surface area (Å²) in [6.45, 7) is 0.420. The van der Waals surface area contributed by atoms with Crippen molar-refractivity contribution in [3.8, 4) is 0 Å². The summed E-state index contributed by atoms with van der Waals surface area (Å²) < 4.78 is 27.6. The van der Waals surface area contributed by atoms with E-state index in [-0.39, 0.29) is 10.8 Å². The normalized spacial score (nSPS) is 12.5. The monoisotopic (exact) mass is 426 g/mol. The van der Waals surface area contributed by atoms with Gasteiger partial charge in [-0.05, 0) is 54.7 Å². The van der Waals surface area contributed by atoms with Crippen LogP contribution >= 0.6 is 23.4 Å². The molecule has 2 aromatic carbocycles. The quantitative estimate of drug-likeness (QED) is 0.612. The van der Waals surface area contributed by atoms with Crippen molar-refractivity contribution in [1.82, 2.24) is 10.0 Å². The Morgan fingerprint density at radius 3 is 2.41 bits per heavy atom. The number of hydrogen-bond acceptors (Lipinski definition) is 4. The van der Waals surface area contributed by atoms with Gasteiger partial charge in [-0.2, -0.15) is 16.5 Å². The fraction of sp³-hybridized carbons (Fsp3) is 0.316. The Balaban J connectivity index is 1.97. The molecule has 146 valence electrons. The van der Waals surface area contributed by atoms with Crippen LogP contribution in [0.4, 0.5) is 0 Å². The highest BCUT2D eigenvalue weighted by molar-refractivity contribution is 7.98. The molecule has 2 rings (SSSR count). The summed E-state index contributed by atoms with van der Waals surface area (Å²) >= 11 is 7.43. The Morgan fingerprint density at radius 2 is 1.78 bits per heavy atom. The summed E-state index contributed by atoms with van der Waals surface area (Å²) in [5.41, 5.74) is 1.05. The van der Waals surface area contributed by atoms with E-state index in [9.17, 15) is 13.2 Å². The van der Waals surface area contributed by atoms with E-state index in [4.69, 9.17) is 11.6 Å². The van der Waals surface area contributed by atoms with Crippen LogP contribution in [0, 0.1) is 0 Å². The van der Waals surface area contributed by atoms with Crippen molar-refractivity contribution in [1.29, 1.82) is 0 Å². The van der Waals surface area contributed by atoms with E-state index in [1.165, 1.54) is 12.1 Å². The summed E-state index contributed by atoms with van der Waals surface area (Å²) in [7, 11) is -3.75. The van der Waals surface area contributed by atoms with Crippen molar-refractivity contribution in [2.24, 2.45) is 0 Å². The molecule has 2 aromatic rings. The van der Waals surface area contributed by atoms with Gasteiger partial charge in [-0.15, -0.1) is 0 Å². The number of nitrogens with one attached hydrogen (secondary N) is 2. The number of rotatable bonds is 10. The second-order valence-corrected chi connectivity index (χ2v) is 9.07. The van der Waals surface area contributed by atoms with Crippen molar-refractivity contribution in [2.75, 3.05) is 18.6 Å². The zero-order valence-electron chi connectivity index (χ0n) is 15.0. The SMILES string of the molecule is CSCCC(NS(=O)(=O)c1ccccc1)C(=O)NCCc1ccc(Cl)cc1. The predicted octanol–water partition coefficient (Wildman–Crippen LogP) is 3.10. The number of carbonyl (C=O) groups is 1. The molecule has 0 bridgehead atoms. The van der Waals surface area contributed by atoms with Crippen molar-refractivity contribution in [2.45, 2.75) is 23.8 Å². The van der Waals surface area contributed by atoms with Crippen LogP contribution in [-0.4, -0.2) is 38.9 Å². The maximum atomic E-state index is 12.5. The van der Waals surface area contributed by atoms with Gasteiger partial charge in [-0.25, -0.2) is 8.42 Å². The molecule has 0 aliphatic rings. The molecule has 0 heterocycles. The summed E-state index contributed by atoms with van der Waals surface area (Å²) in [4.78, 5) is 12.7. The Hall–Kier alpha value is -1.54. The van der Waals surface area contributed by atoms with Crippen molar-refractivity contribution >= 4 is 39.3 Å². The van der Waals surface area contributed by atoms with E-state index >= 15 is 0 Å². The van der Waals surface area contributed by atoms with Gasteiger partial charge in [-0.3, -0.25) is 4.79 Å². The van der Waals surface area contributed by atoms with Crippen LogP contribution in [0.15, 0.2) is 59.5 Å². The molecule has 0 saturated carbocycles.